The molecule has 1 N–H and O–H groups in total. The molecule has 0 aromatic rings. The van der Waals surface area contributed by atoms with Crippen molar-refractivity contribution < 1.29 is 0 Å². The van der Waals surface area contributed by atoms with Crippen molar-refractivity contribution in [1.82, 2.24) is 5.32 Å². The van der Waals surface area contributed by atoms with Gasteiger partial charge < -0.3 is 0 Å². The fraction of sp³-hybridized carbons (Fsp3) is 0.889. The number of hydrogen-bond acceptors (Lipinski definition) is 3. The SMILES string of the molecule is CC(C#N)(CC1CC1)NCCN=[N+]=[N-]. The zero-order chi connectivity index (χ0) is 10.4. The Morgan fingerprint density at radius 1 is 1.71 bits per heavy atom. The molecule has 1 atom stereocenters. The molecule has 14 heavy (non-hydrogen) atoms. The second kappa shape index (κ2) is 4.85. The summed E-state index contributed by atoms with van der Waals surface area (Å²) in [4.78, 5) is 2.66. The molecule has 0 radical (unpaired) electrons. The molecule has 5 nitrogen and oxygen atoms in total. The lowest BCUT2D eigenvalue weighted by atomic mass is 9.97. The van der Waals surface area contributed by atoms with Gasteiger partial charge >= 0.3 is 0 Å². The molecule has 0 aliphatic heterocycles. The van der Waals surface area contributed by atoms with Crippen LogP contribution in [-0.4, -0.2) is 18.6 Å². The Morgan fingerprint density at radius 3 is 2.93 bits per heavy atom. The summed E-state index contributed by atoms with van der Waals surface area (Å²) in [6.07, 6.45) is 3.39. The van der Waals surface area contributed by atoms with Crippen LogP contribution in [0.5, 0.6) is 0 Å². The van der Waals surface area contributed by atoms with E-state index in [1.165, 1.54) is 12.8 Å². The van der Waals surface area contributed by atoms with E-state index in [0.29, 0.717) is 19.0 Å². The van der Waals surface area contributed by atoms with Crippen LogP contribution in [0.4, 0.5) is 0 Å². The smallest absolute Gasteiger partial charge is 0.104 e. The van der Waals surface area contributed by atoms with E-state index in [2.05, 4.69) is 21.4 Å². The maximum Gasteiger partial charge on any atom is 0.104 e. The molecule has 0 bridgehead atoms. The van der Waals surface area contributed by atoms with E-state index in [1.54, 1.807) is 0 Å². The van der Waals surface area contributed by atoms with Gasteiger partial charge in [0.2, 0.25) is 0 Å². The van der Waals surface area contributed by atoms with Crippen molar-refractivity contribution >= 4 is 0 Å². The molecule has 76 valence electrons. The Labute approximate surface area is 83.7 Å². The van der Waals surface area contributed by atoms with Gasteiger partial charge in [0.1, 0.15) is 5.54 Å². The van der Waals surface area contributed by atoms with E-state index in [9.17, 15) is 0 Å². The molecule has 1 aliphatic carbocycles. The van der Waals surface area contributed by atoms with Crippen molar-refractivity contribution in [2.24, 2.45) is 11.0 Å². The highest BCUT2D eigenvalue weighted by Crippen LogP contribution is 2.36. The molecule has 1 fully saturated rings. The summed E-state index contributed by atoms with van der Waals surface area (Å²) in [5.41, 5.74) is 7.62. The summed E-state index contributed by atoms with van der Waals surface area (Å²) < 4.78 is 0. The molecule has 0 amide bonds. The lowest BCUT2D eigenvalue weighted by molar-refractivity contribution is 0.402. The molecular formula is C9H15N5. The lowest BCUT2D eigenvalue weighted by Crippen LogP contribution is -2.42. The molecule has 1 rings (SSSR count). The van der Waals surface area contributed by atoms with Gasteiger partial charge in [0.25, 0.3) is 0 Å². The van der Waals surface area contributed by atoms with Crippen LogP contribution < -0.4 is 5.32 Å². The third-order valence-corrected chi connectivity index (χ3v) is 2.43. The van der Waals surface area contributed by atoms with Gasteiger partial charge in [0, 0.05) is 18.0 Å². The summed E-state index contributed by atoms with van der Waals surface area (Å²) >= 11 is 0. The van der Waals surface area contributed by atoms with Crippen molar-refractivity contribution in [1.29, 1.82) is 5.26 Å². The summed E-state index contributed by atoms with van der Waals surface area (Å²) in [5, 5.41) is 15.5. The van der Waals surface area contributed by atoms with E-state index in [0.717, 1.165) is 6.42 Å². The average Bonchev–Trinajstić information content (AvgIpc) is 2.96. The molecule has 0 spiro atoms. The van der Waals surface area contributed by atoms with Crippen LogP contribution in [0.3, 0.4) is 0 Å². The van der Waals surface area contributed by atoms with Crippen LogP contribution in [0.2, 0.25) is 0 Å². The van der Waals surface area contributed by atoms with Crippen LogP contribution in [0.1, 0.15) is 26.2 Å². The van der Waals surface area contributed by atoms with Crippen molar-refractivity contribution in [3.05, 3.63) is 10.4 Å². The van der Waals surface area contributed by atoms with Crippen molar-refractivity contribution in [2.75, 3.05) is 13.1 Å². The van der Waals surface area contributed by atoms with Gasteiger partial charge in [0.05, 0.1) is 6.07 Å². The minimum Gasteiger partial charge on any atom is -0.299 e. The summed E-state index contributed by atoms with van der Waals surface area (Å²) in [6.45, 7) is 2.88. The molecule has 0 aromatic carbocycles. The number of hydrogen-bond donors (Lipinski definition) is 1. The zero-order valence-corrected chi connectivity index (χ0v) is 8.40. The Balaban J connectivity index is 2.28. The van der Waals surface area contributed by atoms with Gasteiger partial charge in [-0.25, -0.2) is 0 Å². The first-order valence-electron chi connectivity index (χ1n) is 4.87. The number of azide groups is 1. The first-order valence-corrected chi connectivity index (χ1v) is 4.87. The van der Waals surface area contributed by atoms with Gasteiger partial charge in [-0.1, -0.05) is 18.0 Å². The highest BCUT2D eigenvalue weighted by molar-refractivity contribution is 5.06. The summed E-state index contributed by atoms with van der Waals surface area (Å²) in [7, 11) is 0. The highest BCUT2D eigenvalue weighted by atomic mass is 15.1. The largest absolute Gasteiger partial charge is 0.299 e. The van der Waals surface area contributed by atoms with E-state index < -0.39 is 5.54 Å². The van der Waals surface area contributed by atoms with Gasteiger partial charge in [0.15, 0.2) is 0 Å². The fourth-order valence-corrected chi connectivity index (χ4v) is 1.48. The van der Waals surface area contributed by atoms with Crippen LogP contribution in [0, 0.1) is 17.2 Å². The van der Waals surface area contributed by atoms with Crippen molar-refractivity contribution in [3.8, 4) is 6.07 Å². The first kappa shape index (κ1) is 10.8. The summed E-state index contributed by atoms with van der Waals surface area (Å²) in [5.74, 6) is 0.714. The van der Waals surface area contributed by atoms with Crippen molar-refractivity contribution in [3.63, 3.8) is 0 Å². The second-order valence-corrected chi connectivity index (χ2v) is 3.97. The van der Waals surface area contributed by atoms with Crippen LogP contribution in [0.15, 0.2) is 5.11 Å². The molecule has 5 heteroatoms. The van der Waals surface area contributed by atoms with E-state index >= 15 is 0 Å². The van der Waals surface area contributed by atoms with E-state index in [-0.39, 0.29) is 0 Å². The minimum absolute atomic E-state index is 0.401. The second-order valence-electron chi connectivity index (χ2n) is 3.97. The molecular weight excluding hydrogens is 178 g/mol. The van der Waals surface area contributed by atoms with Crippen LogP contribution in [0.25, 0.3) is 10.4 Å². The number of nitrogens with zero attached hydrogens (tertiary/aromatic N) is 4. The lowest BCUT2D eigenvalue weighted by Gasteiger charge is -2.22. The highest BCUT2D eigenvalue weighted by Gasteiger charge is 2.32. The fourth-order valence-electron chi connectivity index (χ4n) is 1.48. The molecule has 1 saturated carbocycles. The Kier molecular flexibility index (Phi) is 3.75. The molecule has 0 aromatic heterocycles. The topological polar surface area (TPSA) is 84.6 Å². The molecule has 1 aliphatic rings. The monoisotopic (exact) mass is 193 g/mol. The number of nitrogens with one attached hydrogen (secondary N) is 1. The zero-order valence-electron chi connectivity index (χ0n) is 8.40. The van der Waals surface area contributed by atoms with Gasteiger partial charge in [-0.3, -0.25) is 5.32 Å². The predicted octanol–water partition coefficient (Wildman–Crippen LogP) is 1.97. The average molecular weight is 193 g/mol. The predicted molar refractivity (Wildman–Crippen MR) is 53.4 cm³/mol. The Bertz CT molecular complexity index is 271. The number of nitriles is 1. The van der Waals surface area contributed by atoms with Gasteiger partial charge in [-0.15, -0.1) is 0 Å². The van der Waals surface area contributed by atoms with E-state index in [4.69, 9.17) is 10.8 Å². The minimum atomic E-state index is -0.452. The number of rotatable bonds is 6. The van der Waals surface area contributed by atoms with E-state index in [1.807, 2.05) is 6.92 Å². The Morgan fingerprint density at radius 2 is 2.43 bits per heavy atom. The molecule has 0 heterocycles. The van der Waals surface area contributed by atoms with Crippen LogP contribution in [-0.2, 0) is 0 Å². The third-order valence-electron chi connectivity index (χ3n) is 2.43. The van der Waals surface area contributed by atoms with Gasteiger partial charge in [-0.05, 0) is 24.8 Å². The maximum absolute atomic E-state index is 9.00. The third kappa shape index (κ3) is 3.65. The molecule has 1 unspecified atom stereocenters. The standard InChI is InChI=1S/C9H15N5/c1-9(7-10,6-8-2-3-8)12-4-5-13-14-11/h8,12H,2-6H2,1H3. The van der Waals surface area contributed by atoms with Crippen molar-refractivity contribution in [2.45, 2.75) is 31.7 Å². The van der Waals surface area contributed by atoms with Crippen LogP contribution >= 0.6 is 0 Å². The Hall–Kier alpha value is -1.24. The summed E-state index contributed by atoms with van der Waals surface area (Å²) in [6, 6.07) is 2.28. The molecule has 0 saturated heterocycles. The maximum atomic E-state index is 9.00. The van der Waals surface area contributed by atoms with Gasteiger partial charge in [-0.2, -0.15) is 5.26 Å². The quantitative estimate of drug-likeness (QED) is 0.302. The normalized spacial score (nSPS) is 19.1. The first-order chi connectivity index (χ1) is 6.70.